The molecule has 90 valence electrons. The van der Waals surface area contributed by atoms with E-state index in [1.165, 1.54) is 5.57 Å². The summed E-state index contributed by atoms with van der Waals surface area (Å²) in [6, 6.07) is 9.35. The van der Waals surface area contributed by atoms with E-state index in [1.807, 2.05) is 36.4 Å². The molecule has 0 saturated heterocycles. The molecule has 0 radical (unpaired) electrons. The van der Waals surface area contributed by atoms with E-state index in [4.69, 9.17) is 0 Å². The average molecular weight is 231 g/mol. The Morgan fingerprint density at radius 2 is 1.94 bits per heavy atom. The lowest BCUT2D eigenvalue weighted by Crippen LogP contribution is -2.34. The van der Waals surface area contributed by atoms with E-state index in [1.54, 1.807) is 0 Å². The van der Waals surface area contributed by atoms with Crippen molar-refractivity contribution < 1.29 is 4.92 Å². The van der Waals surface area contributed by atoms with Crippen LogP contribution in [0.4, 0.5) is 0 Å². The summed E-state index contributed by atoms with van der Waals surface area (Å²) >= 11 is 0. The summed E-state index contributed by atoms with van der Waals surface area (Å²) in [6.45, 7) is 4.15. The first-order valence-electron chi connectivity index (χ1n) is 5.96. The van der Waals surface area contributed by atoms with Gasteiger partial charge in [-0.15, -0.1) is 0 Å². The van der Waals surface area contributed by atoms with Gasteiger partial charge in [-0.3, -0.25) is 10.1 Å². The zero-order chi connectivity index (χ0) is 12.4. The first-order valence-corrected chi connectivity index (χ1v) is 5.96. The van der Waals surface area contributed by atoms with Gasteiger partial charge in [-0.2, -0.15) is 0 Å². The molecule has 0 fully saturated rings. The number of nitro groups is 1. The van der Waals surface area contributed by atoms with Gasteiger partial charge in [0.15, 0.2) is 0 Å². The number of allylic oxidation sites excluding steroid dienone is 1. The first kappa shape index (κ1) is 11.8. The number of hydrogen-bond acceptors (Lipinski definition) is 2. The predicted molar refractivity (Wildman–Crippen MR) is 67.5 cm³/mol. The SMILES string of the molecule is CC1=CC[C@@H]([N+](=O)[O-])[C@H](c2ccccc2)[C@H]1C. The number of hydrogen-bond donors (Lipinski definition) is 0. The maximum absolute atomic E-state index is 11.2. The molecule has 1 aliphatic carbocycles. The fourth-order valence-corrected chi connectivity index (χ4v) is 2.66. The summed E-state index contributed by atoms with van der Waals surface area (Å²) in [7, 11) is 0. The summed E-state index contributed by atoms with van der Waals surface area (Å²) in [5, 5.41) is 11.2. The molecule has 2 rings (SSSR count). The quantitative estimate of drug-likeness (QED) is 0.445. The maximum Gasteiger partial charge on any atom is 0.223 e. The molecule has 17 heavy (non-hydrogen) atoms. The average Bonchev–Trinajstić information content (AvgIpc) is 2.33. The van der Waals surface area contributed by atoms with Crippen LogP contribution in [0.3, 0.4) is 0 Å². The highest BCUT2D eigenvalue weighted by Gasteiger charge is 2.39. The molecule has 0 heterocycles. The topological polar surface area (TPSA) is 43.1 Å². The normalized spacial score (nSPS) is 28.6. The molecular weight excluding hydrogens is 214 g/mol. The Kier molecular flexibility index (Phi) is 3.27. The lowest BCUT2D eigenvalue weighted by Gasteiger charge is -2.31. The van der Waals surface area contributed by atoms with Crippen molar-refractivity contribution in [2.24, 2.45) is 5.92 Å². The number of rotatable bonds is 2. The van der Waals surface area contributed by atoms with Crippen LogP contribution in [0, 0.1) is 16.0 Å². The van der Waals surface area contributed by atoms with Gasteiger partial charge in [0.2, 0.25) is 6.04 Å². The fraction of sp³-hybridized carbons (Fsp3) is 0.429. The van der Waals surface area contributed by atoms with Crippen LogP contribution >= 0.6 is 0 Å². The van der Waals surface area contributed by atoms with E-state index in [-0.39, 0.29) is 16.8 Å². The van der Waals surface area contributed by atoms with Crippen molar-refractivity contribution in [1.82, 2.24) is 0 Å². The van der Waals surface area contributed by atoms with Gasteiger partial charge in [0.1, 0.15) is 0 Å². The second-order valence-corrected chi connectivity index (χ2v) is 4.76. The summed E-state index contributed by atoms with van der Waals surface area (Å²) in [5.41, 5.74) is 2.34. The zero-order valence-electron chi connectivity index (χ0n) is 10.2. The lowest BCUT2D eigenvalue weighted by atomic mass is 9.73. The lowest BCUT2D eigenvalue weighted by molar-refractivity contribution is -0.528. The third kappa shape index (κ3) is 2.23. The summed E-state index contributed by atoms with van der Waals surface area (Å²) in [4.78, 5) is 11.0. The molecule has 0 saturated carbocycles. The Morgan fingerprint density at radius 3 is 2.53 bits per heavy atom. The van der Waals surface area contributed by atoms with Gasteiger partial charge in [0.25, 0.3) is 0 Å². The van der Waals surface area contributed by atoms with Crippen LogP contribution in [0.5, 0.6) is 0 Å². The highest BCUT2D eigenvalue weighted by atomic mass is 16.6. The number of benzene rings is 1. The fourth-order valence-electron chi connectivity index (χ4n) is 2.66. The largest absolute Gasteiger partial charge is 0.264 e. The third-order valence-corrected chi connectivity index (χ3v) is 3.81. The molecule has 0 bridgehead atoms. The molecule has 0 aliphatic heterocycles. The standard InChI is InChI=1S/C14H17NO2/c1-10-8-9-13(15(16)17)14(11(10)2)12-6-4-3-5-7-12/h3-8,11,13-14H,9H2,1-2H3/t11-,13+,14-/m0/s1. The van der Waals surface area contributed by atoms with Crippen LogP contribution < -0.4 is 0 Å². The molecule has 0 amide bonds. The molecule has 1 aromatic carbocycles. The molecule has 1 aromatic rings. The van der Waals surface area contributed by atoms with Gasteiger partial charge in [0, 0.05) is 11.3 Å². The minimum absolute atomic E-state index is 0.00352. The molecule has 1 aliphatic rings. The van der Waals surface area contributed by atoms with E-state index in [2.05, 4.69) is 13.8 Å². The van der Waals surface area contributed by atoms with Gasteiger partial charge in [0.05, 0.1) is 5.92 Å². The third-order valence-electron chi connectivity index (χ3n) is 3.81. The minimum atomic E-state index is -0.490. The van der Waals surface area contributed by atoms with Gasteiger partial charge >= 0.3 is 0 Å². The molecule has 3 nitrogen and oxygen atoms in total. The summed E-state index contributed by atoms with van der Waals surface area (Å²) in [6.07, 6.45) is 2.56. The molecule has 0 aromatic heterocycles. The Labute approximate surface area is 101 Å². The molecule has 3 heteroatoms. The van der Waals surface area contributed by atoms with Crippen LogP contribution in [-0.2, 0) is 0 Å². The van der Waals surface area contributed by atoms with Crippen LogP contribution in [-0.4, -0.2) is 11.0 Å². The predicted octanol–water partition coefficient (Wildman–Crippen LogP) is 3.40. The van der Waals surface area contributed by atoms with Crippen molar-refractivity contribution in [2.45, 2.75) is 32.2 Å². The van der Waals surface area contributed by atoms with Crippen LogP contribution in [0.25, 0.3) is 0 Å². The Bertz CT molecular complexity index is 439. The van der Waals surface area contributed by atoms with E-state index < -0.39 is 6.04 Å². The second kappa shape index (κ2) is 4.70. The van der Waals surface area contributed by atoms with Gasteiger partial charge < -0.3 is 0 Å². The Balaban J connectivity index is 2.40. The molecule has 3 atom stereocenters. The van der Waals surface area contributed by atoms with Crippen molar-refractivity contribution in [3.05, 3.63) is 57.7 Å². The minimum Gasteiger partial charge on any atom is -0.264 e. The van der Waals surface area contributed by atoms with Gasteiger partial charge in [-0.1, -0.05) is 48.9 Å². The van der Waals surface area contributed by atoms with Crippen molar-refractivity contribution >= 4 is 0 Å². The van der Waals surface area contributed by atoms with E-state index in [9.17, 15) is 10.1 Å². The van der Waals surface area contributed by atoms with Crippen molar-refractivity contribution in [3.8, 4) is 0 Å². The molecule has 0 unspecified atom stereocenters. The zero-order valence-corrected chi connectivity index (χ0v) is 10.2. The maximum atomic E-state index is 11.2. The van der Waals surface area contributed by atoms with Crippen molar-refractivity contribution in [3.63, 3.8) is 0 Å². The summed E-state index contributed by atoms with van der Waals surface area (Å²) in [5.74, 6) is 0.234. The van der Waals surface area contributed by atoms with Gasteiger partial charge in [-0.25, -0.2) is 0 Å². The Morgan fingerprint density at radius 1 is 1.29 bits per heavy atom. The van der Waals surface area contributed by atoms with E-state index in [0.29, 0.717) is 6.42 Å². The van der Waals surface area contributed by atoms with Crippen LogP contribution in [0.2, 0.25) is 0 Å². The van der Waals surface area contributed by atoms with Crippen LogP contribution in [0.1, 0.15) is 31.7 Å². The van der Waals surface area contributed by atoms with Crippen molar-refractivity contribution in [1.29, 1.82) is 0 Å². The second-order valence-electron chi connectivity index (χ2n) is 4.76. The van der Waals surface area contributed by atoms with Gasteiger partial charge in [-0.05, 0) is 18.4 Å². The van der Waals surface area contributed by atoms with Crippen LogP contribution in [0.15, 0.2) is 42.0 Å². The highest BCUT2D eigenvalue weighted by Crippen LogP contribution is 2.39. The summed E-state index contributed by atoms with van der Waals surface area (Å²) < 4.78 is 0. The molecule has 0 N–H and O–H groups in total. The smallest absolute Gasteiger partial charge is 0.223 e. The van der Waals surface area contributed by atoms with E-state index >= 15 is 0 Å². The molecular formula is C14H17NO2. The monoisotopic (exact) mass is 231 g/mol. The highest BCUT2D eigenvalue weighted by molar-refractivity contribution is 5.27. The number of nitrogens with zero attached hydrogens (tertiary/aromatic N) is 1. The van der Waals surface area contributed by atoms with Crippen molar-refractivity contribution in [2.75, 3.05) is 0 Å². The first-order chi connectivity index (χ1) is 8.11. The van der Waals surface area contributed by atoms with E-state index in [0.717, 1.165) is 5.56 Å². The Hall–Kier alpha value is -1.64. The molecule has 0 spiro atoms.